The first-order valence-electron chi connectivity index (χ1n) is 30.9. The van der Waals surface area contributed by atoms with Crippen LogP contribution in [0, 0.1) is 66.6 Å². The minimum absolute atomic E-state index is 0. The summed E-state index contributed by atoms with van der Waals surface area (Å²) in [4.78, 5) is 109. The summed E-state index contributed by atoms with van der Waals surface area (Å²) in [5, 5.41) is 46.9. The van der Waals surface area contributed by atoms with E-state index in [4.69, 9.17) is 69.5 Å². The third-order valence-electron chi connectivity index (χ3n) is 21.2. The number of hydrogen-bond acceptors (Lipinski definition) is 14. The van der Waals surface area contributed by atoms with Crippen molar-refractivity contribution in [2.75, 3.05) is 13.2 Å². The number of fused-ring (bicyclic) bond motifs is 10. The van der Waals surface area contributed by atoms with Crippen LogP contribution in [-0.4, -0.2) is 133 Å². The van der Waals surface area contributed by atoms with E-state index in [0.717, 1.165) is 11.1 Å². The third-order valence-corrected chi connectivity index (χ3v) is 22.3. The van der Waals surface area contributed by atoms with Crippen molar-refractivity contribution in [3.05, 3.63) is 92.6 Å². The number of allylic oxidation sites excluding steroid dienone is 3. The molecule has 5 fully saturated rings. The number of aromatic nitrogens is 2. The molecule has 0 aliphatic carbocycles. The zero-order chi connectivity index (χ0) is 66.7. The Bertz CT molecular complexity index is 3340. The Morgan fingerprint density at radius 2 is 1.32 bits per heavy atom. The van der Waals surface area contributed by atoms with Crippen LogP contribution in [0.1, 0.15) is 150 Å². The number of carbonyl (C=O) groups excluding carboxylic acids is 7. The van der Waals surface area contributed by atoms with E-state index in [2.05, 4.69) is 10.3 Å². The predicted octanol–water partition coefficient (Wildman–Crippen LogP) is 5.30. The van der Waals surface area contributed by atoms with Crippen molar-refractivity contribution in [3.8, 4) is 0 Å². The number of nitrogens with one attached hydrogen (secondary N) is 1. The normalized spacial score (nSPS) is 35.9. The summed E-state index contributed by atoms with van der Waals surface area (Å²) >= 11 is 0. The van der Waals surface area contributed by atoms with Crippen LogP contribution in [0.5, 0.6) is 0 Å². The first kappa shape index (κ1) is 75.1. The number of primary amides is 6. The maximum atomic E-state index is 14.4. The molecule has 8 rings (SSSR count). The van der Waals surface area contributed by atoms with Gasteiger partial charge in [0.1, 0.15) is 18.3 Å². The van der Waals surface area contributed by atoms with Gasteiger partial charge in [0.05, 0.1) is 30.1 Å². The van der Waals surface area contributed by atoms with Crippen molar-refractivity contribution in [1.82, 2.24) is 14.9 Å². The number of aliphatic hydroxyl groups is 2. The zero-order valence-electron chi connectivity index (χ0n) is 54.8. The van der Waals surface area contributed by atoms with Crippen LogP contribution in [0.15, 0.2) is 52.8 Å². The van der Waals surface area contributed by atoms with Gasteiger partial charge in [-0.3, -0.25) is 42.6 Å². The summed E-state index contributed by atoms with van der Waals surface area (Å²) in [6.45, 7) is 19.5. The van der Waals surface area contributed by atoms with Crippen LogP contribution >= 0.6 is 7.82 Å². The molecule has 0 spiro atoms. The van der Waals surface area contributed by atoms with Crippen LogP contribution < -0.4 is 39.7 Å². The molecule has 92 heavy (non-hydrogen) atoms. The van der Waals surface area contributed by atoms with Gasteiger partial charge in [0, 0.05) is 68.3 Å². The molecule has 1 aromatic heterocycles. The number of phosphoric ester groups is 1. The molecule has 29 heteroatoms. The fourth-order valence-corrected chi connectivity index (χ4v) is 17.3. The van der Waals surface area contributed by atoms with Gasteiger partial charge in [-0.15, -0.1) is 34.8 Å². The van der Waals surface area contributed by atoms with Gasteiger partial charge in [0.15, 0.2) is 6.23 Å². The number of ether oxygens (including phenoxy) is 1. The van der Waals surface area contributed by atoms with Crippen LogP contribution in [0.2, 0.25) is 0 Å². The molecular formula is C63H95CoN13O14P-5. The molecule has 7 heterocycles. The van der Waals surface area contributed by atoms with Gasteiger partial charge in [-0.1, -0.05) is 53.6 Å². The second kappa shape index (κ2) is 28.2. The summed E-state index contributed by atoms with van der Waals surface area (Å²) in [6, 6.07) is 0.417. The Balaban J connectivity index is 0.00000672. The van der Waals surface area contributed by atoms with E-state index in [-0.39, 0.29) is 101 Å². The van der Waals surface area contributed by atoms with Gasteiger partial charge in [-0.05, 0) is 129 Å². The molecular weight excluding hydrogens is 1250 g/mol. The molecule has 1 aromatic carbocycles. The zero-order valence-corrected chi connectivity index (χ0v) is 56.7. The van der Waals surface area contributed by atoms with E-state index in [0.29, 0.717) is 39.3 Å². The van der Waals surface area contributed by atoms with Crippen LogP contribution in [-0.2, 0) is 68.7 Å². The molecule has 1 radical (unpaired) electrons. The molecule has 18 atom stereocenters. The first-order chi connectivity index (χ1) is 41.8. The molecule has 8 bridgehead atoms. The fraction of sp³-hybridized carbons (Fsp3) is 0.667. The maximum absolute atomic E-state index is 14.4. The molecule has 515 valence electrons. The van der Waals surface area contributed by atoms with Gasteiger partial charge in [-0.25, -0.2) is 9.55 Å². The number of hydrogen-bond donors (Lipinski definition) is 10. The number of nitrogens with zero attached hydrogens (tertiary/aromatic N) is 6. The largest absolute Gasteiger partial charge is 0.685 e. The van der Waals surface area contributed by atoms with Gasteiger partial charge in [0.2, 0.25) is 41.4 Å². The average molecular weight is 1350 g/mol. The summed E-state index contributed by atoms with van der Waals surface area (Å²) in [5.74, 6) is -6.86. The van der Waals surface area contributed by atoms with E-state index < -0.39 is 161 Å². The van der Waals surface area contributed by atoms with Crippen LogP contribution in [0.25, 0.3) is 32.3 Å². The van der Waals surface area contributed by atoms with E-state index in [1.807, 2.05) is 87.4 Å². The summed E-state index contributed by atoms with van der Waals surface area (Å²) in [7, 11) is -5.06. The summed E-state index contributed by atoms with van der Waals surface area (Å²) in [6.07, 6.45) is -3.96. The van der Waals surface area contributed by atoms with Gasteiger partial charge < -0.3 is 92.8 Å². The second-order valence-electron chi connectivity index (χ2n) is 27.5. The molecule has 2 aromatic rings. The Morgan fingerprint density at radius 1 is 0.750 bits per heavy atom. The van der Waals surface area contributed by atoms with Crippen molar-refractivity contribution in [2.45, 2.75) is 207 Å². The Morgan fingerprint density at radius 3 is 1.89 bits per heavy atom. The van der Waals surface area contributed by atoms with Crippen molar-refractivity contribution in [3.63, 3.8) is 0 Å². The summed E-state index contributed by atoms with van der Waals surface area (Å²) in [5.41, 5.74) is 36.2. The van der Waals surface area contributed by atoms with E-state index in [9.17, 15) is 53.2 Å². The number of amides is 7. The number of aliphatic hydroxyl groups excluding tert-OH is 2. The number of imidazole rings is 1. The van der Waals surface area contributed by atoms with Crippen molar-refractivity contribution >= 4 is 60.2 Å². The van der Waals surface area contributed by atoms with Gasteiger partial charge in [-0.2, -0.15) is 17.1 Å². The standard InChI is InChI=1S/C62H92N13O14P.CH3.Co/c1-29-20-39-40(21-30(29)2)75(28-70-39)57-52(84)53(41(27-76)87-57)89-90(85,86)88-31(3)26-69-49(83)18-19-59(8)37(22-46(66)80)56-62(11)61(10,25-48(68)82)36(14-17-45(65)79)51(74-62)33(5)55-60(9,24-47(67)81)34(12-15-43(63)77)38(71-55)23-42-58(6,7)35(13-16-44(64)78)50(72-42)32(4)54(59)73-56;;/h20-21,23,28,31,34-38,41,50-53,56-57,76,84H,12-19,22,24-27H2,1-11H3,(H2,63,77)(H2,64,78)(H2,65,79)(H2,66,80)(H2,67,81)(H2,68,82)(H,69,83)(H,85,86);1H3;/q-4;-1;/b42-23-,54-32-,55-33-;;/t31-,34+,35+,36+,37-,38?,41+,50?,51?,52+,53+,56+,57-,59+,60-,61-,62-;;/m0../s1. The van der Waals surface area contributed by atoms with Crippen LogP contribution in [0.4, 0.5) is 0 Å². The quantitative estimate of drug-likeness (QED) is 0.0422. The number of carbonyl (C=O) groups is 7. The van der Waals surface area contributed by atoms with Crippen LogP contribution in [0.3, 0.4) is 0 Å². The Hall–Kier alpha value is -5.94. The monoisotopic (exact) mass is 1350 g/mol. The minimum Gasteiger partial charge on any atom is -0.685 e. The van der Waals surface area contributed by atoms with E-state index >= 15 is 0 Å². The molecule has 7 amide bonds. The average Bonchev–Trinajstić information content (AvgIpc) is 1.53. The molecule has 27 nitrogen and oxygen atoms in total. The molecule has 6 aliphatic rings. The molecule has 0 saturated carbocycles. The third kappa shape index (κ3) is 14.3. The summed E-state index contributed by atoms with van der Waals surface area (Å²) < 4.78 is 32.3. The van der Waals surface area contributed by atoms with E-state index in [1.165, 1.54) is 13.3 Å². The Labute approximate surface area is 549 Å². The Kier molecular flexibility index (Phi) is 23.0. The number of rotatable bonds is 26. The van der Waals surface area contributed by atoms with Gasteiger partial charge >= 0.3 is 7.82 Å². The number of benzene rings is 1. The first-order valence-corrected chi connectivity index (χ1v) is 32.4. The SMILES string of the molecule is C/C1=C2/[N-][C@H]([C@H](CC(N)=O)[C@@]2(C)CCC(=O)NC[C@H](C)OP(=O)(O)O[C@H]2[C@@H](O)[C@@H](n3cnc4cc(C)c(C)cc43)O[C@@H]2CO)[C@]2(C)[N-]C(/C(C)=C3\[N-]C(/C=C4\[N-]C1[C@@H](CCC(N)=O)C4(C)C)[C@@H](CCC(N)=O)[C@]3(C)CC(N)=O)[C@@H](CCC(N)=O)[C@]2(C)CC(N)=O.[CH3-].[Co]. The minimum atomic E-state index is -5.06. The van der Waals surface area contributed by atoms with Crippen molar-refractivity contribution < 1.29 is 83.8 Å². The number of nitrogens with two attached hydrogens (primary N) is 6. The molecule has 6 aliphatic heterocycles. The maximum Gasteiger partial charge on any atom is 0.472 e. The topological polar surface area (TPSA) is 467 Å². The fourth-order valence-electron chi connectivity index (χ4n) is 16.1. The molecule has 16 N–H and O–H groups in total. The smallest absolute Gasteiger partial charge is 0.472 e. The van der Waals surface area contributed by atoms with Gasteiger partial charge in [0.25, 0.3) is 0 Å². The second-order valence-corrected chi connectivity index (χ2v) is 28.9. The molecule has 5 saturated heterocycles. The number of aryl methyl sites for hydroxylation is 2. The van der Waals surface area contributed by atoms with Crippen molar-refractivity contribution in [2.24, 2.45) is 79.7 Å². The number of phosphoric acid groups is 1. The van der Waals surface area contributed by atoms with Crippen molar-refractivity contribution in [1.29, 1.82) is 0 Å². The predicted molar refractivity (Wildman–Crippen MR) is 339 cm³/mol. The molecule has 4 unspecified atom stereocenters. The van der Waals surface area contributed by atoms with E-state index in [1.54, 1.807) is 4.57 Å².